The van der Waals surface area contributed by atoms with E-state index in [0.29, 0.717) is 4.88 Å². The third kappa shape index (κ3) is 1.85. The number of aliphatic hydroxyl groups excluding tert-OH is 1. The van der Waals surface area contributed by atoms with Crippen LogP contribution in [0.4, 0.5) is 0 Å². The van der Waals surface area contributed by atoms with E-state index in [2.05, 4.69) is 15.9 Å². The normalized spacial score (nSPS) is 12.9. The molecule has 0 saturated carbocycles. The Morgan fingerprint density at radius 1 is 1.75 bits per heavy atom. The molecule has 1 aromatic heterocycles. The molecule has 1 atom stereocenters. The average molecular weight is 251 g/mol. The molecular weight excluding hydrogens is 244 g/mol. The maximum atomic E-state index is 10.4. The lowest BCUT2D eigenvalue weighted by Gasteiger charge is -1.99. The van der Waals surface area contributed by atoms with Gasteiger partial charge in [0, 0.05) is 14.2 Å². The summed E-state index contributed by atoms with van der Waals surface area (Å²) in [6.45, 7) is 1.85. The highest BCUT2D eigenvalue weighted by atomic mass is 79.9. The van der Waals surface area contributed by atoms with Crippen LogP contribution in [-0.2, 0) is 4.79 Å². The number of carboxylic acid groups (broad SMARTS) is 1. The van der Waals surface area contributed by atoms with Crippen molar-refractivity contribution in [2.75, 3.05) is 0 Å². The first-order valence-electron chi connectivity index (χ1n) is 3.19. The number of aryl methyl sites for hydroxylation is 1. The second-order valence-electron chi connectivity index (χ2n) is 2.29. The molecular formula is C7H7BrO3S. The van der Waals surface area contributed by atoms with Gasteiger partial charge < -0.3 is 10.2 Å². The first-order chi connectivity index (χ1) is 5.52. The predicted octanol–water partition coefficient (Wildman–Crippen LogP) is 1.94. The van der Waals surface area contributed by atoms with Crippen molar-refractivity contribution < 1.29 is 15.0 Å². The minimum atomic E-state index is -1.40. The lowest BCUT2D eigenvalue weighted by atomic mass is 10.3. The molecule has 0 amide bonds. The van der Waals surface area contributed by atoms with Gasteiger partial charge in [0.15, 0.2) is 6.10 Å². The smallest absolute Gasteiger partial charge is 0.338 e. The van der Waals surface area contributed by atoms with Gasteiger partial charge in [-0.15, -0.1) is 11.3 Å². The van der Waals surface area contributed by atoms with Crippen molar-refractivity contribution in [1.29, 1.82) is 0 Å². The van der Waals surface area contributed by atoms with Gasteiger partial charge in [-0.2, -0.15) is 0 Å². The van der Waals surface area contributed by atoms with Crippen molar-refractivity contribution in [1.82, 2.24) is 0 Å². The van der Waals surface area contributed by atoms with Gasteiger partial charge in [0.05, 0.1) is 0 Å². The number of thiophene rings is 1. The van der Waals surface area contributed by atoms with Crippen molar-refractivity contribution >= 4 is 33.2 Å². The summed E-state index contributed by atoms with van der Waals surface area (Å²) in [5, 5.41) is 17.6. The van der Waals surface area contributed by atoms with Gasteiger partial charge in [0.25, 0.3) is 0 Å². The summed E-state index contributed by atoms with van der Waals surface area (Å²) in [7, 11) is 0. The highest BCUT2D eigenvalue weighted by molar-refractivity contribution is 9.10. The number of aliphatic hydroxyl groups is 1. The highest BCUT2D eigenvalue weighted by Crippen LogP contribution is 2.30. The van der Waals surface area contributed by atoms with E-state index in [9.17, 15) is 4.79 Å². The number of aliphatic carboxylic acids is 1. The summed E-state index contributed by atoms with van der Waals surface area (Å²) in [5.74, 6) is -1.22. The monoisotopic (exact) mass is 250 g/mol. The molecule has 2 N–H and O–H groups in total. The number of rotatable bonds is 2. The van der Waals surface area contributed by atoms with Crippen LogP contribution in [0.5, 0.6) is 0 Å². The van der Waals surface area contributed by atoms with E-state index in [1.54, 1.807) is 6.07 Å². The van der Waals surface area contributed by atoms with Crippen molar-refractivity contribution in [3.8, 4) is 0 Å². The molecule has 0 radical (unpaired) electrons. The Balaban J connectivity index is 2.96. The van der Waals surface area contributed by atoms with Crippen LogP contribution in [0.3, 0.4) is 0 Å². The Hall–Kier alpha value is -0.390. The fraction of sp³-hybridized carbons (Fsp3) is 0.286. The lowest BCUT2D eigenvalue weighted by molar-refractivity contribution is -0.146. The molecule has 0 fully saturated rings. The van der Waals surface area contributed by atoms with Crippen LogP contribution in [0, 0.1) is 6.92 Å². The van der Waals surface area contributed by atoms with Gasteiger partial charge in [0.1, 0.15) is 0 Å². The minimum absolute atomic E-state index is 0.451. The maximum Gasteiger partial charge on any atom is 0.338 e. The standard InChI is InChI=1S/C7H7BrO3S/c1-3-4(8)2-5(12-3)6(9)7(10)11/h2,6,9H,1H3,(H,10,11). The number of carbonyl (C=O) groups is 1. The number of halogens is 1. The zero-order chi connectivity index (χ0) is 9.30. The topological polar surface area (TPSA) is 57.5 Å². The SMILES string of the molecule is Cc1sc(C(O)C(=O)O)cc1Br. The summed E-state index contributed by atoms with van der Waals surface area (Å²) < 4.78 is 0.836. The molecule has 0 aliphatic heterocycles. The molecule has 0 spiro atoms. The highest BCUT2D eigenvalue weighted by Gasteiger charge is 2.18. The molecule has 5 heteroatoms. The Morgan fingerprint density at radius 3 is 2.67 bits per heavy atom. The summed E-state index contributed by atoms with van der Waals surface area (Å²) in [5.41, 5.74) is 0. The molecule has 12 heavy (non-hydrogen) atoms. The zero-order valence-electron chi connectivity index (χ0n) is 6.24. The van der Waals surface area contributed by atoms with Gasteiger partial charge in [-0.05, 0) is 28.9 Å². The molecule has 0 aliphatic carbocycles. The largest absolute Gasteiger partial charge is 0.479 e. The van der Waals surface area contributed by atoms with Crippen LogP contribution in [0.2, 0.25) is 0 Å². The molecule has 0 aliphatic rings. The Morgan fingerprint density at radius 2 is 2.33 bits per heavy atom. The van der Waals surface area contributed by atoms with E-state index in [-0.39, 0.29) is 0 Å². The van der Waals surface area contributed by atoms with E-state index >= 15 is 0 Å². The van der Waals surface area contributed by atoms with Crippen LogP contribution in [0.1, 0.15) is 15.9 Å². The predicted molar refractivity (Wildman–Crippen MR) is 49.4 cm³/mol. The Labute approximate surface area is 81.8 Å². The summed E-state index contributed by atoms with van der Waals surface area (Å²) in [6, 6.07) is 1.62. The van der Waals surface area contributed by atoms with Crippen LogP contribution in [0.15, 0.2) is 10.5 Å². The first kappa shape index (κ1) is 9.70. The number of hydrogen-bond acceptors (Lipinski definition) is 3. The van der Waals surface area contributed by atoms with Crippen LogP contribution in [0.25, 0.3) is 0 Å². The minimum Gasteiger partial charge on any atom is -0.479 e. The van der Waals surface area contributed by atoms with Gasteiger partial charge in [-0.25, -0.2) is 4.79 Å². The number of carboxylic acids is 1. The Bertz CT molecular complexity index is 288. The van der Waals surface area contributed by atoms with Gasteiger partial charge in [-0.1, -0.05) is 0 Å². The summed E-state index contributed by atoms with van der Waals surface area (Å²) in [4.78, 5) is 11.8. The molecule has 66 valence electrons. The fourth-order valence-electron chi connectivity index (χ4n) is 0.738. The molecule has 0 aromatic carbocycles. The van der Waals surface area contributed by atoms with Crippen LogP contribution in [-0.4, -0.2) is 16.2 Å². The summed E-state index contributed by atoms with van der Waals surface area (Å²) >= 11 is 4.51. The van der Waals surface area contributed by atoms with Gasteiger partial charge in [0.2, 0.25) is 0 Å². The molecule has 0 bridgehead atoms. The number of hydrogen-bond donors (Lipinski definition) is 2. The van der Waals surface area contributed by atoms with E-state index in [0.717, 1.165) is 9.35 Å². The fourth-order valence-corrected chi connectivity index (χ4v) is 2.28. The second-order valence-corrected chi connectivity index (χ2v) is 4.44. The molecule has 1 heterocycles. The average Bonchev–Trinajstić information content (AvgIpc) is 2.30. The summed E-state index contributed by atoms with van der Waals surface area (Å²) in [6.07, 6.45) is -1.40. The lowest BCUT2D eigenvalue weighted by Crippen LogP contribution is -2.08. The third-order valence-corrected chi connectivity index (χ3v) is 3.57. The second kappa shape index (κ2) is 3.55. The molecule has 1 aromatic rings. The van der Waals surface area contributed by atoms with Crippen LogP contribution >= 0.6 is 27.3 Å². The first-order valence-corrected chi connectivity index (χ1v) is 4.80. The molecule has 3 nitrogen and oxygen atoms in total. The quantitative estimate of drug-likeness (QED) is 0.844. The third-order valence-electron chi connectivity index (χ3n) is 1.38. The molecule has 1 unspecified atom stereocenters. The zero-order valence-corrected chi connectivity index (χ0v) is 8.65. The van der Waals surface area contributed by atoms with Gasteiger partial charge >= 0.3 is 5.97 Å². The van der Waals surface area contributed by atoms with Crippen molar-refractivity contribution in [2.24, 2.45) is 0 Å². The van der Waals surface area contributed by atoms with Crippen molar-refractivity contribution in [3.05, 3.63) is 20.3 Å². The van der Waals surface area contributed by atoms with E-state index in [1.807, 2.05) is 6.92 Å². The van der Waals surface area contributed by atoms with Crippen LogP contribution < -0.4 is 0 Å². The Kier molecular flexibility index (Phi) is 2.87. The molecule has 0 saturated heterocycles. The van der Waals surface area contributed by atoms with Crippen molar-refractivity contribution in [2.45, 2.75) is 13.0 Å². The van der Waals surface area contributed by atoms with E-state index < -0.39 is 12.1 Å². The maximum absolute atomic E-state index is 10.4. The molecule has 1 rings (SSSR count). The van der Waals surface area contributed by atoms with E-state index in [4.69, 9.17) is 10.2 Å². The van der Waals surface area contributed by atoms with E-state index in [1.165, 1.54) is 11.3 Å². The van der Waals surface area contributed by atoms with Gasteiger partial charge in [-0.3, -0.25) is 0 Å². The van der Waals surface area contributed by atoms with Crippen molar-refractivity contribution in [3.63, 3.8) is 0 Å².